The maximum atomic E-state index is 13.5. The topological polar surface area (TPSA) is 70.1 Å². The second-order valence-corrected chi connectivity index (χ2v) is 9.14. The lowest BCUT2D eigenvalue weighted by Crippen LogP contribution is -2.50. The van der Waals surface area contributed by atoms with Gasteiger partial charge in [-0.25, -0.2) is 12.8 Å². The van der Waals surface area contributed by atoms with E-state index in [1.807, 2.05) is 4.90 Å². The van der Waals surface area contributed by atoms with E-state index >= 15 is 0 Å². The van der Waals surface area contributed by atoms with Gasteiger partial charge < -0.3 is 9.84 Å². The average molecular weight is 400 g/mol. The number of hydrogen-bond acceptors (Lipinski definition) is 6. The van der Waals surface area contributed by atoms with E-state index in [1.165, 1.54) is 27.8 Å². The first-order valence-electron chi connectivity index (χ1n) is 8.28. The van der Waals surface area contributed by atoms with Crippen LogP contribution in [-0.2, 0) is 10.0 Å². The summed E-state index contributed by atoms with van der Waals surface area (Å²) >= 11 is 1.21. The van der Waals surface area contributed by atoms with Crippen LogP contribution in [-0.4, -0.2) is 68.2 Å². The Morgan fingerprint density at radius 3 is 2.54 bits per heavy atom. The third kappa shape index (κ3) is 4.60. The molecule has 0 bridgehead atoms. The summed E-state index contributed by atoms with van der Waals surface area (Å²) in [5.74, 6) is -0.356. The molecule has 0 spiro atoms. The number of hydrogen-bond donors (Lipinski definition) is 1. The molecule has 6 nitrogen and oxygen atoms in total. The predicted molar refractivity (Wildman–Crippen MR) is 97.4 cm³/mol. The number of benzene rings is 1. The molecular formula is C17H21FN2O4S2. The number of para-hydroxylation sites is 1. The van der Waals surface area contributed by atoms with Gasteiger partial charge in [0, 0.05) is 32.7 Å². The van der Waals surface area contributed by atoms with Crippen molar-refractivity contribution in [3.8, 4) is 5.75 Å². The Labute approximate surface area is 156 Å². The van der Waals surface area contributed by atoms with E-state index in [1.54, 1.807) is 29.6 Å². The summed E-state index contributed by atoms with van der Waals surface area (Å²) in [7, 11) is -3.43. The lowest BCUT2D eigenvalue weighted by molar-refractivity contribution is 0.0558. The molecule has 26 heavy (non-hydrogen) atoms. The fraction of sp³-hybridized carbons (Fsp3) is 0.412. The predicted octanol–water partition coefficient (Wildman–Crippen LogP) is 1.63. The highest BCUT2D eigenvalue weighted by atomic mass is 32.2. The van der Waals surface area contributed by atoms with Crippen LogP contribution in [0, 0.1) is 5.82 Å². The van der Waals surface area contributed by atoms with E-state index in [0.29, 0.717) is 36.9 Å². The molecule has 0 saturated carbocycles. The molecular weight excluding hydrogens is 379 g/mol. The number of sulfonamides is 1. The molecule has 3 rings (SSSR count). The van der Waals surface area contributed by atoms with Crippen LogP contribution in [0.1, 0.15) is 0 Å². The van der Waals surface area contributed by atoms with Gasteiger partial charge in [-0.3, -0.25) is 4.90 Å². The van der Waals surface area contributed by atoms with Crippen molar-refractivity contribution < 1.29 is 22.7 Å². The minimum absolute atomic E-state index is 0.0192. The summed E-state index contributed by atoms with van der Waals surface area (Å²) in [6.45, 7) is 2.14. The van der Waals surface area contributed by atoms with E-state index in [4.69, 9.17) is 4.74 Å². The van der Waals surface area contributed by atoms with Gasteiger partial charge in [0.1, 0.15) is 16.9 Å². The van der Waals surface area contributed by atoms with Gasteiger partial charge in [-0.2, -0.15) is 4.31 Å². The average Bonchev–Trinajstić information content (AvgIpc) is 3.17. The van der Waals surface area contributed by atoms with Crippen LogP contribution in [0.15, 0.2) is 46.0 Å². The van der Waals surface area contributed by atoms with E-state index in [2.05, 4.69) is 0 Å². The SMILES string of the molecule is O=S(=O)(c1cccs1)N1CCN(C[C@@H](O)COc2ccccc2F)CC1. The lowest BCUT2D eigenvalue weighted by atomic mass is 10.3. The summed E-state index contributed by atoms with van der Waals surface area (Å²) in [6.07, 6.45) is -0.782. The number of thiophene rings is 1. The molecule has 1 aliphatic rings. The number of piperazine rings is 1. The number of ether oxygens (including phenoxy) is 1. The number of rotatable bonds is 7. The molecule has 1 atom stereocenters. The van der Waals surface area contributed by atoms with E-state index in [-0.39, 0.29) is 12.4 Å². The van der Waals surface area contributed by atoms with Crippen molar-refractivity contribution in [3.05, 3.63) is 47.6 Å². The number of nitrogens with zero attached hydrogens (tertiary/aromatic N) is 2. The Balaban J connectivity index is 1.46. The number of aliphatic hydroxyl groups is 1. The minimum Gasteiger partial charge on any atom is -0.488 e. The third-order valence-corrected chi connectivity index (χ3v) is 7.43. The van der Waals surface area contributed by atoms with E-state index < -0.39 is 21.9 Å². The van der Waals surface area contributed by atoms with Gasteiger partial charge in [-0.05, 0) is 23.6 Å². The molecule has 2 aromatic rings. The van der Waals surface area contributed by atoms with Gasteiger partial charge in [-0.1, -0.05) is 18.2 Å². The maximum Gasteiger partial charge on any atom is 0.252 e. The summed E-state index contributed by atoms with van der Waals surface area (Å²) < 4.78 is 45.6. The van der Waals surface area contributed by atoms with Crippen molar-refractivity contribution in [2.24, 2.45) is 0 Å². The quantitative estimate of drug-likeness (QED) is 0.765. The molecule has 1 aliphatic heterocycles. The second-order valence-electron chi connectivity index (χ2n) is 6.03. The van der Waals surface area contributed by atoms with E-state index in [9.17, 15) is 17.9 Å². The molecule has 0 radical (unpaired) electrons. The lowest BCUT2D eigenvalue weighted by Gasteiger charge is -2.34. The first kappa shape index (κ1) is 19.2. The van der Waals surface area contributed by atoms with Crippen molar-refractivity contribution in [3.63, 3.8) is 0 Å². The summed E-state index contributed by atoms with van der Waals surface area (Å²) in [5.41, 5.74) is 0. The molecule has 1 N–H and O–H groups in total. The van der Waals surface area contributed by atoms with E-state index in [0.717, 1.165) is 0 Å². The normalized spacial score (nSPS) is 17.9. The van der Waals surface area contributed by atoms with Crippen LogP contribution >= 0.6 is 11.3 Å². The summed E-state index contributed by atoms with van der Waals surface area (Å²) in [4.78, 5) is 1.98. The van der Waals surface area contributed by atoms with Gasteiger partial charge in [0.2, 0.25) is 0 Å². The van der Waals surface area contributed by atoms with Crippen molar-refractivity contribution in [2.75, 3.05) is 39.3 Å². The Morgan fingerprint density at radius 2 is 1.88 bits per heavy atom. The largest absolute Gasteiger partial charge is 0.488 e. The highest BCUT2D eigenvalue weighted by molar-refractivity contribution is 7.91. The third-order valence-electron chi connectivity index (χ3n) is 4.16. The summed E-state index contributed by atoms with van der Waals surface area (Å²) in [5, 5.41) is 11.9. The van der Waals surface area contributed by atoms with Gasteiger partial charge in [0.05, 0.1) is 0 Å². The Morgan fingerprint density at radius 1 is 1.15 bits per heavy atom. The molecule has 9 heteroatoms. The molecule has 1 aromatic carbocycles. The zero-order valence-corrected chi connectivity index (χ0v) is 15.8. The van der Waals surface area contributed by atoms with Crippen LogP contribution in [0.4, 0.5) is 4.39 Å². The minimum atomic E-state index is -3.43. The van der Waals surface area contributed by atoms with Gasteiger partial charge in [0.15, 0.2) is 11.6 Å². The fourth-order valence-electron chi connectivity index (χ4n) is 2.79. The molecule has 2 heterocycles. The molecule has 142 valence electrons. The number of β-amino-alcohol motifs (C(OH)–C–C–N with tert-alkyl or cyclic N) is 1. The molecule has 1 saturated heterocycles. The van der Waals surface area contributed by atoms with Crippen molar-refractivity contribution >= 4 is 21.4 Å². The highest BCUT2D eigenvalue weighted by Gasteiger charge is 2.29. The molecule has 0 unspecified atom stereocenters. The van der Waals surface area contributed by atoms with Crippen LogP contribution in [0.25, 0.3) is 0 Å². The molecule has 1 fully saturated rings. The van der Waals surface area contributed by atoms with Crippen LogP contribution in [0.3, 0.4) is 0 Å². The Bertz CT molecular complexity index is 806. The summed E-state index contributed by atoms with van der Waals surface area (Å²) in [6, 6.07) is 9.38. The van der Waals surface area contributed by atoms with Gasteiger partial charge >= 0.3 is 0 Å². The second kappa shape index (κ2) is 8.45. The van der Waals surface area contributed by atoms with Crippen molar-refractivity contribution in [1.29, 1.82) is 0 Å². The standard InChI is InChI=1S/C17H21FN2O4S2/c18-15-4-1-2-5-16(15)24-13-14(21)12-19-7-9-20(10-8-19)26(22,23)17-6-3-11-25-17/h1-6,11,14,21H,7-10,12-13H2/t14-/m1/s1. The Hall–Kier alpha value is -1.52. The van der Waals surface area contributed by atoms with Crippen molar-refractivity contribution in [1.82, 2.24) is 9.21 Å². The zero-order valence-electron chi connectivity index (χ0n) is 14.1. The van der Waals surface area contributed by atoms with Crippen LogP contribution in [0.5, 0.6) is 5.75 Å². The van der Waals surface area contributed by atoms with Crippen LogP contribution in [0.2, 0.25) is 0 Å². The fourth-order valence-corrected chi connectivity index (χ4v) is 5.36. The zero-order chi connectivity index (χ0) is 18.6. The number of halogens is 1. The molecule has 1 aromatic heterocycles. The molecule has 0 aliphatic carbocycles. The van der Waals surface area contributed by atoms with Gasteiger partial charge in [-0.15, -0.1) is 11.3 Å². The van der Waals surface area contributed by atoms with Crippen LogP contribution < -0.4 is 4.74 Å². The smallest absolute Gasteiger partial charge is 0.252 e. The first-order chi connectivity index (χ1) is 12.5. The highest BCUT2D eigenvalue weighted by Crippen LogP contribution is 2.22. The van der Waals surface area contributed by atoms with Gasteiger partial charge in [0.25, 0.3) is 10.0 Å². The number of aliphatic hydroxyl groups excluding tert-OH is 1. The first-order valence-corrected chi connectivity index (χ1v) is 10.6. The Kier molecular flexibility index (Phi) is 6.25. The van der Waals surface area contributed by atoms with Crippen molar-refractivity contribution in [2.45, 2.75) is 10.3 Å². The monoisotopic (exact) mass is 400 g/mol. The maximum absolute atomic E-state index is 13.5. The molecule has 0 amide bonds.